The number of carboxylic acids is 2. The molecule has 6 nitrogen and oxygen atoms in total. The summed E-state index contributed by atoms with van der Waals surface area (Å²) < 4.78 is 6.06. The van der Waals surface area contributed by atoms with Gasteiger partial charge in [0.25, 0.3) is 0 Å². The predicted octanol–water partition coefficient (Wildman–Crippen LogP) is 3.61. The second-order valence-electron chi connectivity index (χ2n) is 6.19. The molecule has 148 valence electrons. The Morgan fingerprint density at radius 3 is 2.24 bits per heavy atom. The zero-order chi connectivity index (χ0) is 21.2. The highest BCUT2D eigenvalue weighted by Crippen LogP contribution is 2.37. The number of rotatable bonds is 5. The van der Waals surface area contributed by atoms with E-state index in [1.807, 2.05) is 43.4 Å². The van der Waals surface area contributed by atoms with Crippen LogP contribution in [0, 0.1) is 12.3 Å². The fourth-order valence-electron chi connectivity index (χ4n) is 2.67. The van der Waals surface area contributed by atoms with Gasteiger partial charge in [0, 0.05) is 29.8 Å². The maximum atomic E-state index is 9.55. The standard InChI is InChI=1S/C19H17NO.C4H4O4/c1-3-12-20(2)14-16-13-15-8-4-6-10-18(15)21-19-11-7-5-9-17(16)19;5-3(6)1-2-4(7)8/h1,4-11,13H,12,14H2,2H3;1-2H,(H,5,6)(H,7,8)/b;2-1+. The molecule has 1 heterocycles. The first-order valence-corrected chi connectivity index (χ1v) is 8.73. The van der Waals surface area contributed by atoms with Crippen LogP contribution in [0.4, 0.5) is 0 Å². The number of carbonyl (C=O) groups is 2. The van der Waals surface area contributed by atoms with E-state index in [9.17, 15) is 9.59 Å². The van der Waals surface area contributed by atoms with Crippen molar-refractivity contribution in [3.63, 3.8) is 0 Å². The van der Waals surface area contributed by atoms with Crippen molar-refractivity contribution in [1.29, 1.82) is 0 Å². The van der Waals surface area contributed by atoms with E-state index in [2.05, 4.69) is 29.0 Å². The van der Waals surface area contributed by atoms with Crippen molar-refractivity contribution < 1.29 is 24.5 Å². The molecular formula is C23H21NO5. The Morgan fingerprint density at radius 1 is 1.03 bits per heavy atom. The summed E-state index contributed by atoms with van der Waals surface area (Å²) in [6.07, 6.45) is 8.71. The third kappa shape index (κ3) is 6.69. The van der Waals surface area contributed by atoms with E-state index >= 15 is 0 Å². The molecule has 0 saturated carbocycles. The summed E-state index contributed by atoms with van der Waals surface area (Å²) in [7, 11) is 2.03. The SMILES string of the molecule is C#CCN(C)CC1=Cc2ccccc2Oc2ccccc21.O=C(O)/C=C/C(=O)O. The smallest absolute Gasteiger partial charge is 0.328 e. The third-order valence-corrected chi connectivity index (χ3v) is 3.87. The molecule has 2 aromatic carbocycles. The average molecular weight is 391 g/mol. The number of aliphatic carboxylic acids is 2. The summed E-state index contributed by atoms with van der Waals surface area (Å²) in [4.78, 5) is 21.2. The monoisotopic (exact) mass is 391 g/mol. The fraction of sp³-hybridized carbons (Fsp3) is 0.130. The summed E-state index contributed by atoms with van der Waals surface area (Å²) >= 11 is 0. The van der Waals surface area contributed by atoms with E-state index in [4.69, 9.17) is 21.4 Å². The first-order chi connectivity index (χ1) is 13.9. The second-order valence-corrected chi connectivity index (χ2v) is 6.19. The van der Waals surface area contributed by atoms with Crippen molar-refractivity contribution in [3.05, 3.63) is 71.8 Å². The molecule has 0 atom stereocenters. The largest absolute Gasteiger partial charge is 0.478 e. The highest BCUT2D eigenvalue weighted by Gasteiger charge is 2.16. The summed E-state index contributed by atoms with van der Waals surface area (Å²) in [6, 6.07) is 16.2. The van der Waals surface area contributed by atoms with E-state index in [1.54, 1.807) is 0 Å². The number of terminal acetylenes is 1. The molecule has 0 unspecified atom stereocenters. The molecule has 0 amide bonds. The normalized spacial score (nSPS) is 11.7. The molecule has 0 fully saturated rings. The number of benzene rings is 2. The Bertz CT molecular complexity index is 969. The highest BCUT2D eigenvalue weighted by atomic mass is 16.5. The van der Waals surface area contributed by atoms with Gasteiger partial charge in [0.2, 0.25) is 0 Å². The Morgan fingerprint density at radius 2 is 1.62 bits per heavy atom. The van der Waals surface area contributed by atoms with Gasteiger partial charge in [-0.3, -0.25) is 4.90 Å². The molecule has 1 aliphatic rings. The quantitative estimate of drug-likeness (QED) is 0.598. The number of ether oxygens (including phenoxy) is 1. The van der Waals surface area contributed by atoms with Crippen LogP contribution in [0.2, 0.25) is 0 Å². The minimum absolute atomic E-state index is 0.558. The zero-order valence-electron chi connectivity index (χ0n) is 15.9. The topological polar surface area (TPSA) is 87.1 Å². The van der Waals surface area contributed by atoms with Gasteiger partial charge in [-0.2, -0.15) is 0 Å². The van der Waals surface area contributed by atoms with Gasteiger partial charge in [-0.25, -0.2) is 9.59 Å². The van der Waals surface area contributed by atoms with Crippen LogP contribution in [0.1, 0.15) is 11.1 Å². The first kappa shape index (κ1) is 21.5. The minimum atomic E-state index is -1.26. The van der Waals surface area contributed by atoms with Gasteiger partial charge >= 0.3 is 11.9 Å². The molecule has 0 aliphatic carbocycles. The lowest BCUT2D eigenvalue weighted by molar-refractivity contribution is -0.134. The van der Waals surface area contributed by atoms with E-state index < -0.39 is 11.9 Å². The van der Waals surface area contributed by atoms with Crippen molar-refractivity contribution >= 4 is 23.6 Å². The van der Waals surface area contributed by atoms with Crippen LogP contribution < -0.4 is 4.74 Å². The predicted molar refractivity (Wildman–Crippen MR) is 112 cm³/mol. The lowest BCUT2D eigenvalue weighted by atomic mass is 10.0. The van der Waals surface area contributed by atoms with E-state index in [0.717, 1.165) is 29.2 Å². The molecule has 29 heavy (non-hydrogen) atoms. The summed E-state index contributed by atoms with van der Waals surface area (Å²) in [5.74, 6) is 1.95. The van der Waals surface area contributed by atoms with Gasteiger partial charge in [0.05, 0.1) is 6.54 Å². The number of carboxylic acid groups (broad SMARTS) is 2. The van der Waals surface area contributed by atoms with Gasteiger partial charge in [0.1, 0.15) is 11.5 Å². The molecule has 0 saturated heterocycles. The molecule has 1 aliphatic heterocycles. The molecule has 0 spiro atoms. The van der Waals surface area contributed by atoms with Crippen molar-refractivity contribution in [2.45, 2.75) is 0 Å². The van der Waals surface area contributed by atoms with Gasteiger partial charge in [-0.15, -0.1) is 6.42 Å². The summed E-state index contributed by atoms with van der Waals surface area (Å²) in [5.41, 5.74) is 3.43. The lowest BCUT2D eigenvalue weighted by Crippen LogP contribution is -2.20. The number of hydrogen-bond donors (Lipinski definition) is 2. The molecule has 6 heteroatoms. The number of para-hydroxylation sites is 2. The average Bonchev–Trinajstić information content (AvgIpc) is 2.83. The first-order valence-electron chi connectivity index (χ1n) is 8.73. The van der Waals surface area contributed by atoms with Crippen LogP contribution in [0.15, 0.2) is 60.7 Å². The minimum Gasteiger partial charge on any atom is -0.478 e. The summed E-state index contributed by atoms with van der Waals surface area (Å²) in [5, 5.41) is 15.6. The van der Waals surface area contributed by atoms with E-state index in [0.29, 0.717) is 18.7 Å². The Labute approximate surface area is 169 Å². The van der Waals surface area contributed by atoms with Crippen LogP contribution in [0.5, 0.6) is 11.5 Å². The van der Waals surface area contributed by atoms with Crippen LogP contribution in [0.25, 0.3) is 11.6 Å². The van der Waals surface area contributed by atoms with Crippen molar-refractivity contribution in [3.8, 4) is 23.8 Å². The Kier molecular flexibility index (Phi) is 7.78. The van der Waals surface area contributed by atoms with E-state index in [-0.39, 0.29) is 0 Å². The molecule has 3 rings (SSSR count). The van der Waals surface area contributed by atoms with E-state index in [1.165, 1.54) is 5.57 Å². The Balaban J connectivity index is 0.000000321. The highest BCUT2D eigenvalue weighted by molar-refractivity contribution is 5.89. The Hall–Kier alpha value is -3.82. The number of fused-ring (bicyclic) bond motifs is 2. The second kappa shape index (κ2) is 10.5. The maximum absolute atomic E-state index is 9.55. The molecule has 2 aromatic rings. The van der Waals surface area contributed by atoms with Crippen molar-refractivity contribution in [2.75, 3.05) is 20.1 Å². The zero-order valence-corrected chi connectivity index (χ0v) is 15.9. The molecule has 0 aromatic heterocycles. The number of likely N-dealkylation sites (N-methyl/N-ethyl adjacent to an activating group) is 1. The maximum Gasteiger partial charge on any atom is 0.328 e. The molecule has 0 bridgehead atoms. The summed E-state index contributed by atoms with van der Waals surface area (Å²) in [6.45, 7) is 1.42. The lowest BCUT2D eigenvalue weighted by Gasteiger charge is -2.17. The van der Waals surface area contributed by atoms with Crippen LogP contribution >= 0.6 is 0 Å². The molecule has 0 radical (unpaired) electrons. The molecule has 2 N–H and O–H groups in total. The van der Waals surface area contributed by atoms with Crippen molar-refractivity contribution in [2.24, 2.45) is 0 Å². The molecular weight excluding hydrogens is 370 g/mol. The number of nitrogens with zero attached hydrogens (tertiary/aromatic N) is 1. The fourth-order valence-corrected chi connectivity index (χ4v) is 2.67. The third-order valence-electron chi connectivity index (χ3n) is 3.87. The van der Waals surface area contributed by atoms with Gasteiger partial charge in [-0.05, 0) is 30.8 Å². The van der Waals surface area contributed by atoms with Gasteiger partial charge < -0.3 is 14.9 Å². The van der Waals surface area contributed by atoms with Crippen molar-refractivity contribution in [1.82, 2.24) is 4.90 Å². The van der Waals surface area contributed by atoms with Gasteiger partial charge in [0.15, 0.2) is 0 Å². The van der Waals surface area contributed by atoms with Crippen LogP contribution in [-0.2, 0) is 9.59 Å². The number of hydrogen-bond acceptors (Lipinski definition) is 4. The van der Waals surface area contributed by atoms with Gasteiger partial charge in [-0.1, -0.05) is 42.3 Å². The van der Waals surface area contributed by atoms with Crippen LogP contribution in [0.3, 0.4) is 0 Å². The van der Waals surface area contributed by atoms with Crippen LogP contribution in [-0.4, -0.2) is 47.2 Å².